The van der Waals surface area contributed by atoms with Crippen LogP contribution in [-0.4, -0.2) is 22.7 Å². The highest BCUT2D eigenvalue weighted by Crippen LogP contribution is 2.24. The van der Waals surface area contributed by atoms with Gasteiger partial charge in [-0.3, -0.25) is 4.79 Å². The van der Waals surface area contributed by atoms with E-state index in [4.69, 9.17) is 4.52 Å². The molecule has 0 bridgehead atoms. The first-order valence-electron chi connectivity index (χ1n) is 6.35. The molecule has 2 aromatic rings. The van der Waals surface area contributed by atoms with Gasteiger partial charge in [0.05, 0.1) is 18.7 Å². The second-order valence-electron chi connectivity index (χ2n) is 5.01. The number of aryl methyl sites for hydroxylation is 2. The number of hydrogen-bond acceptors (Lipinski definition) is 5. The molecule has 2 N–H and O–H groups in total. The van der Waals surface area contributed by atoms with E-state index >= 15 is 0 Å². The van der Waals surface area contributed by atoms with Crippen LogP contribution in [0.15, 0.2) is 22.0 Å². The summed E-state index contributed by atoms with van der Waals surface area (Å²) in [5.41, 5.74) is 0.476. The van der Waals surface area contributed by atoms with Gasteiger partial charge in [-0.25, -0.2) is 0 Å². The Balaban J connectivity index is 1.93. The molecule has 108 valence electrons. The van der Waals surface area contributed by atoms with Crippen molar-refractivity contribution in [2.24, 2.45) is 0 Å². The van der Waals surface area contributed by atoms with Gasteiger partial charge in [-0.15, -0.1) is 11.3 Å². The Morgan fingerprint density at radius 2 is 2.30 bits per heavy atom. The second-order valence-corrected chi connectivity index (χ2v) is 5.96. The lowest BCUT2D eigenvalue weighted by Crippen LogP contribution is -2.38. The topological polar surface area (TPSA) is 75.4 Å². The number of amides is 1. The van der Waals surface area contributed by atoms with E-state index in [1.807, 2.05) is 17.5 Å². The van der Waals surface area contributed by atoms with Crippen molar-refractivity contribution >= 4 is 17.2 Å². The second kappa shape index (κ2) is 5.76. The van der Waals surface area contributed by atoms with E-state index in [9.17, 15) is 9.90 Å². The third-order valence-corrected chi connectivity index (χ3v) is 4.32. The van der Waals surface area contributed by atoms with Gasteiger partial charge < -0.3 is 14.9 Å². The molecule has 5 nitrogen and oxygen atoms in total. The van der Waals surface area contributed by atoms with Crippen molar-refractivity contribution < 1.29 is 14.4 Å². The summed E-state index contributed by atoms with van der Waals surface area (Å²) >= 11 is 1.47. The largest absolute Gasteiger partial charge is 0.383 e. The summed E-state index contributed by atoms with van der Waals surface area (Å²) in [7, 11) is 0. The number of thiophene rings is 1. The molecule has 0 unspecified atom stereocenters. The summed E-state index contributed by atoms with van der Waals surface area (Å²) in [5.74, 6) is 0.499. The molecule has 0 saturated heterocycles. The molecule has 0 aromatic carbocycles. The molecule has 0 spiro atoms. The SMILES string of the molecule is Cc1noc(C)c1CC(=O)NC[C@](C)(O)c1cccs1. The number of aliphatic hydroxyl groups is 1. The van der Waals surface area contributed by atoms with E-state index in [1.165, 1.54) is 11.3 Å². The van der Waals surface area contributed by atoms with E-state index in [2.05, 4.69) is 10.5 Å². The average Bonchev–Trinajstić information content (AvgIpc) is 3.02. The molecule has 2 aromatic heterocycles. The van der Waals surface area contributed by atoms with Gasteiger partial charge in [0.1, 0.15) is 11.4 Å². The first kappa shape index (κ1) is 14.7. The Hall–Kier alpha value is -1.66. The smallest absolute Gasteiger partial charge is 0.224 e. The van der Waals surface area contributed by atoms with Crippen molar-refractivity contribution in [3.8, 4) is 0 Å². The summed E-state index contributed by atoms with van der Waals surface area (Å²) in [4.78, 5) is 12.8. The van der Waals surface area contributed by atoms with Crippen LogP contribution in [-0.2, 0) is 16.8 Å². The number of nitrogens with zero attached hydrogens (tertiary/aromatic N) is 1. The third-order valence-electron chi connectivity index (χ3n) is 3.20. The highest BCUT2D eigenvalue weighted by molar-refractivity contribution is 7.10. The maximum Gasteiger partial charge on any atom is 0.224 e. The first-order valence-corrected chi connectivity index (χ1v) is 7.23. The standard InChI is InChI=1S/C14H18N2O3S/c1-9-11(10(2)19-16-9)7-13(17)15-8-14(3,18)12-5-4-6-20-12/h4-6,18H,7-8H2,1-3H3,(H,15,17)/t14-/m0/s1. The quantitative estimate of drug-likeness (QED) is 0.883. The summed E-state index contributed by atoms with van der Waals surface area (Å²) < 4.78 is 5.02. The van der Waals surface area contributed by atoms with Crippen LogP contribution in [0.25, 0.3) is 0 Å². The molecule has 1 atom stereocenters. The minimum atomic E-state index is -1.05. The molecule has 1 amide bonds. The Morgan fingerprint density at radius 1 is 1.55 bits per heavy atom. The average molecular weight is 294 g/mol. The Bertz CT molecular complexity index is 568. The Morgan fingerprint density at radius 3 is 2.85 bits per heavy atom. The number of carbonyl (C=O) groups excluding carboxylic acids is 1. The van der Waals surface area contributed by atoms with Crippen molar-refractivity contribution in [2.45, 2.75) is 32.8 Å². The molecule has 0 radical (unpaired) electrons. The Kier molecular flexibility index (Phi) is 4.25. The fourth-order valence-corrected chi connectivity index (χ4v) is 2.71. The number of nitrogens with one attached hydrogen (secondary N) is 1. The molecule has 6 heteroatoms. The number of carbonyl (C=O) groups is 1. The molecule has 2 rings (SSSR count). The van der Waals surface area contributed by atoms with Crippen LogP contribution in [0.4, 0.5) is 0 Å². The summed E-state index contributed by atoms with van der Waals surface area (Å²) in [5, 5.41) is 18.8. The van der Waals surface area contributed by atoms with Crippen molar-refractivity contribution in [3.63, 3.8) is 0 Å². The van der Waals surface area contributed by atoms with Crippen LogP contribution < -0.4 is 5.32 Å². The minimum absolute atomic E-state index is 0.156. The third kappa shape index (κ3) is 3.26. The van der Waals surface area contributed by atoms with Crippen LogP contribution in [0.3, 0.4) is 0 Å². The van der Waals surface area contributed by atoms with Gasteiger partial charge in [0.2, 0.25) is 5.91 Å². The molecule has 2 heterocycles. The van der Waals surface area contributed by atoms with Gasteiger partial charge in [0, 0.05) is 10.4 Å². The predicted molar refractivity (Wildman–Crippen MR) is 76.6 cm³/mol. The van der Waals surface area contributed by atoms with Crippen molar-refractivity contribution in [1.29, 1.82) is 0 Å². The summed E-state index contributed by atoms with van der Waals surface area (Å²) in [6, 6.07) is 3.73. The minimum Gasteiger partial charge on any atom is -0.383 e. The van der Waals surface area contributed by atoms with Gasteiger partial charge in [0.15, 0.2) is 0 Å². The molecule has 0 aliphatic carbocycles. The Labute approximate surface area is 121 Å². The van der Waals surface area contributed by atoms with Gasteiger partial charge >= 0.3 is 0 Å². The van der Waals surface area contributed by atoms with Gasteiger partial charge in [-0.2, -0.15) is 0 Å². The van der Waals surface area contributed by atoms with E-state index < -0.39 is 5.60 Å². The van der Waals surface area contributed by atoms with Gasteiger partial charge in [0.25, 0.3) is 0 Å². The molecular formula is C14H18N2O3S. The molecule has 0 aliphatic heterocycles. The monoisotopic (exact) mass is 294 g/mol. The molecule has 0 saturated carbocycles. The van der Waals surface area contributed by atoms with Gasteiger partial charge in [-0.1, -0.05) is 11.2 Å². The lowest BCUT2D eigenvalue weighted by atomic mass is 10.0. The molecular weight excluding hydrogens is 276 g/mol. The maximum atomic E-state index is 11.9. The molecule has 20 heavy (non-hydrogen) atoms. The first-order chi connectivity index (χ1) is 9.40. The number of hydrogen-bond donors (Lipinski definition) is 2. The maximum absolute atomic E-state index is 11.9. The van der Waals surface area contributed by atoms with Crippen LogP contribution in [0.2, 0.25) is 0 Å². The van der Waals surface area contributed by atoms with Gasteiger partial charge in [-0.05, 0) is 32.2 Å². The predicted octanol–water partition coefficient (Wildman–Crippen LogP) is 1.92. The molecule has 0 aliphatic rings. The van der Waals surface area contributed by atoms with Crippen LogP contribution in [0.1, 0.15) is 28.8 Å². The lowest BCUT2D eigenvalue weighted by Gasteiger charge is -2.22. The highest BCUT2D eigenvalue weighted by atomic mass is 32.1. The van der Waals surface area contributed by atoms with E-state index in [-0.39, 0.29) is 18.9 Å². The van der Waals surface area contributed by atoms with Crippen LogP contribution in [0, 0.1) is 13.8 Å². The van der Waals surface area contributed by atoms with E-state index in [0.29, 0.717) is 5.76 Å². The lowest BCUT2D eigenvalue weighted by molar-refractivity contribution is -0.121. The van der Waals surface area contributed by atoms with Crippen molar-refractivity contribution in [3.05, 3.63) is 39.4 Å². The normalized spacial score (nSPS) is 14.0. The van der Waals surface area contributed by atoms with E-state index in [0.717, 1.165) is 16.1 Å². The summed E-state index contributed by atoms with van der Waals surface area (Å²) in [6.45, 7) is 5.45. The fourth-order valence-electron chi connectivity index (χ4n) is 1.92. The highest BCUT2D eigenvalue weighted by Gasteiger charge is 2.25. The zero-order chi connectivity index (χ0) is 14.8. The van der Waals surface area contributed by atoms with Crippen LogP contribution in [0.5, 0.6) is 0 Å². The molecule has 0 fully saturated rings. The fraction of sp³-hybridized carbons (Fsp3) is 0.429. The zero-order valence-electron chi connectivity index (χ0n) is 11.8. The number of rotatable bonds is 5. The van der Waals surface area contributed by atoms with Crippen molar-refractivity contribution in [2.75, 3.05) is 6.54 Å². The number of aromatic nitrogens is 1. The van der Waals surface area contributed by atoms with Crippen LogP contribution >= 0.6 is 11.3 Å². The van der Waals surface area contributed by atoms with E-state index in [1.54, 1.807) is 20.8 Å². The zero-order valence-corrected chi connectivity index (χ0v) is 12.6. The van der Waals surface area contributed by atoms with Crippen molar-refractivity contribution in [1.82, 2.24) is 10.5 Å². The summed E-state index contributed by atoms with van der Waals surface area (Å²) in [6.07, 6.45) is 0.210.